The van der Waals surface area contributed by atoms with Crippen LogP contribution in [0.4, 0.5) is 0 Å². The van der Waals surface area contributed by atoms with E-state index in [0.29, 0.717) is 5.75 Å². The Morgan fingerprint density at radius 1 is 1.32 bits per heavy atom. The summed E-state index contributed by atoms with van der Waals surface area (Å²) in [5, 5.41) is 0.875. The lowest BCUT2D eigenvalue weighted by Crippen LogP contribution is -2.44. The molecule has 5 nitrogen and oxygen atoms in total. The van der Waals surface area contributed by atoms with E-state index in [-0.39, 0.29) is 11.8 Å². The third-order valence-electron chi connectivity index (χ3n) is 2.87. The van der Waals surface area contributed by atoms with Crippen LogP contribution >= 0.6 is 0 Å². The molecule has 1 unspecified atom stereocenters. The van der Waals surface area contributed by atoms with Crippen LogP contribution in [-0.2, 0) is 4.79 Å². The summed E-state index contributed by atoms with van der Waals surface area (Å²) in [6, 6.07) is 9.32. The Bertz CT molecular complexity index is 578. The Morgan fingerprint density at radius 3 is 2.79 bits per heavy atom. The lowest BCUT2D eigenvalue weighted by Gasteiger charge is -2.21. The van der Waals surface area contributed by atoms with Gasteiger partial charge < -0.3 is 4.74 Å². The van der Waals surface area contributed by atoms with Crippen molar-refractivity contribution in [2.75, 3.05) is 0 Å². The predicted octanol–water partition coefficient (Wildman–Crippen LogP) is 1.63. The van der Waals surface area contributed by atoms with Crippen molar-refractivity contribution < 1.29 is 9.53 Å². The highest BCUT2D eigenvalue weighted by atomic mass is 16.5. The van der Waals surface area contributed by atoms with E-state index in [0.717, 1.165) is 10.9 Å². The third kappa shape index (κ3) is 2.82. The maximum Gasteiger partial charge on any atom is 0.275 e. The molecule has 2 aromatic rings. The molecule has 0 aliphatic heterocycles. The Balaban J connectivity index is 2.36. The van der Waals surface area contributed by atoms with E-state index in [4.69, 9.17) is 10.6 Å². The Kier molecular flexibility index (Phi) is 3.97. The molecule has 19 heavy (non-hydrogen) atoms. The van der Waals surface area contributed by atoms with Crippen molar-refractivity contribution in [3.05, 3.63) is 36.5 Å². The standard InChI is InChI=1S/C14H17N3O2/c1-9(2)13(14(18)17-15)19-12-7-3-6-11-10(12)5-4-8-16-11/h3-9,13H,15H2,1-2H3,(H,17,18). The van der Waals surface area contributed by atoms with Gasteiger partial charge in [0.1, 0.15) is 5.75 Å². The van der Waals surface area contributed by atoms with Crippen LogP contribution in [0.25, 0.3) is 10.9 Å². The van der Waals surface area contributed by atoms with Crippen molar-refractivity contribution in [1.29, 1.82) is 0 Å². The zero-order valence-corrected chi connectivity index (χ0v) is 11.0. The second-order valence-corrected chi connectivity index (χ2v) is 4.62. The van der Waals surface area contributed by atoms with E-state index in [9.17, 15) is 4.79 Å². The second-order valence-electron chi connectivity index (χ2n) is 4.62. The van der Waals surface area contributed by atoms with Crippen LogP contribution in [0.5, 0.6) is 5.75 Å². The molecular formula is C14H17N3O2. The average molecular weight is 259 g/mol. The number of hydrazine groups is 1. The topological polar surface area (TPSA) is 77.2 Å². The summed E-state index contributed by atoms with van der Waals surface area (Å²) in [4.78, 5) is 16.0. The Hall–Kier alpha value is -2.14. The van der Waals surface area contributed by atoms with Crippen molar-refractivity contribution in [2.24, 2.45) is 11.8 Å². The van der Waals surface area contributed by atoms with Gasteiger partial charge in [0.15, 0.2) is 6.10 Å². The number of hydrogen-bond acceptors (Lipinski definition) is 4. The third-order valence-corrected chi connectivity index (χ3v) is 2.87. The summed E-state index contributed by atoms with van der Waals surface area (Å²) in [5.41, 5.74) is 2.96. The monoisotopic (exact) mass is 259 g/mol. The lowest BCUT2D eigenvalue weighted by atomic mass is 10.1. The zero-order valence-electron chi connectivity index (χ0n) is 11.0. The van der Waals surface area contributed by atoms with Crippen LogP contribution < -0.4 is 16.0 Å². The first-order valence-electron chi connectivity index (χ1n) is 6.14. The molecular weight excluding hydrogens is 242 g/mol. The predicted molar refractivity (Wildman–Crippen MR) is 73.3 cm³/mol. The normalized spacial score (nSPS) is 12.4. The minimum atomic E-state index is -0.629. The second kappa shape index (κ2) is 5.67. The minimum Gasteiger partial charge on any atom is -0.480 e. The molecule has 1 amide bonds. The molecule has 0 saturated carbocycles. The molecule has 1 heterocycles. The molecule has 100 valence electrons. The van der Waals surface area contributed by atoms with Gasteiger partial charge in [-0.05, 0) is 30.2 Å². The molecule has 2 rings (SSSR count). The van der Waals surface area contributed by atoms with Gasteiger partial charge in [-0.2, -0.15) is 0 Å². The van der Waals surface area contributed by atoms with Gasteiger partial charge in [0.05, 0.1) is 5.52 Å². The molecule has 0 spiro atoms. The molecule has 0 radical (unpaired) electrons. The van der Waals surface area contributed by atoms with E-state index in [1.165, 1.54) is 0 Å². The van der Waals surface area contributed by atoms with Gasteiger partial charge in [-0.15, -0.1) is 0 Å². The summed E-state index contributed by atoms with van der Waals surface area (Å²) in [6.45, 7) is 3.81. The highest BCUT2D eigenvalue weighted by molar-refractivity contribution is 5.86. The maximum atomic E-state index is 11.7. The number of nitrogens with two attached hydrogens (primary N) is 1. The van der Waals surface area contributed by atoms with Crippen LogP contribution in [0.2, 0.25) is 0 Å². The number of nitrogens with one attached hydrogen (secondary N) is 1. The van der Waals surface area contributed by atoms with Gasteiger partial charge in [0, 0.05) is 11.6 Å². The number of hydrogen-bond donors (Lipinski definition) is 2. The molecule has 1 atom stereocenters. The van der Waals surface area contributed by atoms with E-state index < -0.39 is 6.10 Å². The first kappa shape index (κ1) is 13.3. The highest BCUT2D eigenvalue weighted by Crippen LogP contribution is 2.25. The summed E-state index contributed by atoms with van der Waals surface area (Å²) >= 11 is 0. The van der Waals surface area contributed by atoms with Gasteiger partial charge in [0.25, 0.3) is 5.91 Å². The highest BCUT2D eigenvalue weighted by Gasteiger charge is 2.24. The number of fused-ring (bicyclic) bond motifs is 1. The molecule has 0 saturated heterocycles. The number of ether oxygens (including phenoxy) is 1. The minimum absolute atomic E-state index is 0.00970. The van der Waals surface area contributed by atoms with Gasteiger partial charge in [0.2, 0.25) is 0 Å². The smallest absolute Gasteiger partial charge is 0.275 e. The number of benzene rings is 1. The molecule has 0 fully saturated rings. The fraction of sp³-hybridized carbons (Fsp3) is 0.286. The van der Waals surface area contributed by atoms with Crippen molar-refractivity contribution >= 4 is 16.8 Å². The van der Waals surface area contributed by atoms with E-state index >= 15 is 0 Å². The number of aromatic nitrogens is 1. The van der Waals surface area contributed by atoms with E-state index in [1.807, 2.05) is 44.2 Å². The summed E-state index contributed by atoms with van der Waals surface area (Å²) in [7, 11) is 0. The lowest BCUT2D eigenvalue weighted by molar-refractivity contribution is -0.129. The molecule has 0 aliphatic rings. The van der Waals surface area contributed by atoms with Gasteiger partial charge in [-0.25, -0.2) is 5.84 Å². The number of pyridine rings is 1. The van der Waals surface area contributed by atoms with Crippen LogP contribution in [-0.4, -0.2) is 17.0 Å². The maximum absolute atomic E-state index is 11.7. The zero-order chi connectivity index (χ0) is 13.8. The van der Waals surface area contributed by atoms with Gasteiger partial charge in [-0.3, -0.25) is 15.2 Å². The summed E-state index contributed by atoms with van der Waals surface area (Å²) in [6.07, 6.45) is 1.09. The van der Waals surface area contributed by atoms with Crippen molar-refractivity contribution in [3.63, 3.8) is 0 Å². The number of carbonyl (C=O) groups excluding carboxylic acids is 1. The van der Waals surface area contributed by atoms with Gasteiger partial charge >= 0.3 is 0 Å². The fourth-order valence-corrected chi connectivity index (χ4v) is 1.89. The molecule has 0 bridgehead atoms. The Labute approximate surface area is 111 Å². The SMILES string of the molecule is CC(C)C(Oc1cccc2ncccc12)C(=O)NN. The quantitative estimate of drug-likeness (QED) is 0.497. The van der Waals surface area contributed by atoms with Crippen LogP contribution in [0.15, 0.2) is 36.5 Å². The number of carbonyl (C=O) groups is 1. The number of nitrogens with zero attached hydrogens (tertiary/aromatic N) is 1. The largest absolute Gasteiger partial charge is 0.480 e. The first-order chi connectivity index (χ1) is 9.13. The Morgan fingerprint density at radius 2 is 2.11 bits per heavy atom. The van der Waals surface area contributed by atoms with Crippen molar-refractivity contribution in [3.8, 4) is 5.75 Å². The number of rotatable bonds is 4. The van der Waals surface area contributed by atoms with E-state index in [1.54, 1.807) is 6.20 Å². The molecule has 0 aliphatic carbocycles. The van der Waals surface area contributed by atoms with E-state index in [2.05, 4.69) is 10.4 Å². The average Bonchev–Trinajstić information content (AvgIpc) is 2.43. The number of amides is 1. The molecule has 1 aromatic heterocycles. The van der Waals surface area contributed by atoms with Crippen molar-refractivity contribution in [2.45, 2.75) is 20.0 Å². The molecule has 1 aromatic carbocycles. The molecule has 3 N–H and O–H groups in total. The fourth-order valence-electron chi connectivity index (χ4n) is 1.89. The summed E-state index contributed by atoms with van der Waals surface area (Å²) in [5.74, 6) is 5.49. The van der Waals surface area contributed by atoms with Crippen LogP contribution in [0, 0.1) is 5.92 Å². The first-order valence-corrected chi connectivity index (χ1v) is 6.14. The van der Waals surface area contributed by atoms with Crippen LogP contribution in [0.1, 0.15) is 13.8 Å². The van der Waals surface area contributed by atoms with Gasteiger partial charge in [-0.1, -0.05) is 19.9 Å². The summed E-state index contributed by atoms with van der Waals surface area (Å²) < 4.78 is 5.81. The molecule has 5 heteroatoms. The van der Waals surface area contributed by atoms with Crippen molar-refractivity contribution in [1.82, 2.24) is 10.4 Å². The van der Waals surface area contributed by atoms with Crippen LogP contribution in [0.3, 0.4) is 0 Å².